The normalized spacial score (nSPS) is 10.5. The molecule has 2 rings (SSSR count). The Hall–Kier alpha value is -2.83. The van der Waals surface area contributed by atoms with E-state index >= 15 is 0 Å². The zero-order valence-corrected chi connectivity index (χ0v) is 14.3. The van der Waals surface area contributed by atoms with Gasteiger partial charge in [0.05, 0.1) is 12.8 Å². The van der Waals surface area contributed by atoms with Crippen molar-refractivity contribution in [3.8, 4) is 5.75 Å². The van der Waals surface area contributed by atoms with Crippen LogP contribution in [0.15, 0.2) is 35.3 Å². The van der Waals surface area contributed by atoms with E-state index < -0.39 is 0 Å². The van der Waals surface area contributed by atoms with Crippen LogP contribution in [-0.2, 0) is 7.05 Å². The van der Waals surface area contributed by atoms with Gasteiger partial charge in [0.25, 0.3) is 11.5 Å². The molecule has 0 unspecified atom stereocenters. The van der Waals surface area contributed by atoms with Crippen molar-refractivity contribution in [1.82, 2.24) is 15.1 Å². The molecule has 1 heterocycles. The zero-order chi connectivity index (χ0) is 17.7. The molecule has 7 heteroatoms. The Labute approximate surface area is 140 Å². The number of hydrogen-bond acceptors (Lipinski definition) is 5. The summed E-state index contributed by atoms with van der Waals surface area (Å²) in [6.07, 6.45) is 1.50. The van der Waals surface area contributed by atoms with Crippen molar-refractivity contribution in [2.45, 2.75) is 26.8 Å². The molecule has 0 atom stereocenters. The highest BCUT2D eigenvalue weighted by atomic mass is 16.5. The van der Waals surface area contributed by atoms with Gasteiger partial charge in [0.2, 0.25) is 0 Å². The van der Waals surface area contributed by atoms with E-state index in [4.69, 9.17) is 4.74 Å². The molecule has 128 valence electrons. The molecule has 0 aliphatic rings. The summed E-state index contributed by atoms with van der Waals surface area (Å²) in [5.41, 5.74) is 1.26. The van der Waals surface area contributed by atoms with E-state index in [1.807, 2.05) is 20.8 Å². The first kappa shape index (κ1) is 17.5. The molecule has 0 spiro atoms. The fourth-order valence-corrected chi connectivity index (χ4v) is 2.10. The molecule has 1 amide bonds. The second-order valence-electron chi connectivity index (χ2n) is 5.58. The van der Waals surface area contributed by atoms with Gasteiger partial charge in [-0.3, -0.25) is 9.59 Å². The lowest BCUT2D eigenvalue weighted by atomic mass is 10.2. The Morgan fingerprint density at radius 3 is 2.54 bits per heavy atom. The number of aromatic nitrogens is 2. The summed E-state index contributed by atoms with van der Waals surface area (Å²) in [7, 11) is 1.57. The third-order valence-electron chi connectivity index (χ3n) is 3.24. The van der Waals surface area contributed by atoms with Crippen LogP contribution in [-0.4, -0.2) is 28.3 Å². The van der Waals surface area contributed by atoms with Crippen LogP contribution in [0.25, 0.3) is 0 Å². The van der Waals surface area contributed by atoms with Gasteiger partial charge in [0.1, 0.15) is 0 Å². The molecule has 0 fully saturated rings. The average Bonchev–Trinajstić information content (AvgIpc) is 2.54. The summed E-state index contributed by atoms with van der Waals surface area (Å²) in [6, 6.07) is 6.96. The smallest absolute Gasteiger partial charge is 0.294 e. The number of nitrogens with zero attached hydrogens (tertiary/aromatic N) is 2. The van der Waals surface area contributed by atoms with Crippen LogP contribution in [0.2, 0.25) is 0 Å². The van der Waals surface area contributed by atoms with Gasteiger partial charge in [0, 0.05) is 24.3 Å². The number of carbonyl (C=O) groups is 1. The molecule has 2 N–H and O–H groups in total. The van der Waals surface area contributed by atoms with Crippen LogP contribution in [0.1, 0.15) is 31.1 Å². The van der Waals surface area contributed by atoms with E-state index in [9.17, 15) is 9.59 Å². The summed E-state index contributed by atoms with van der Waals surface area (Å²) >= 11 is 0. The Kier molecular flexibility index (Phi) is 5.57. The van der Waals surface area contributed by atoms with Gasteiger partial charge in [-0.2, -0.15) is 5.10 Å². The number of anilines is 2. The van der Waals surface area contributed by atoms with E-state index in [2.05, 4.69) is 15.7 Å². The number of ether oxygens (including phenoxy) is 1. The quantitative estimate of drug-likeness (QED) is 0.847. The van der Waals surface area contributed by atoms with E-state index in [-0.39, 0.29) is 17.5 Å². The maximum absolute atomic E-state index is 12.3. The predicted octanol–water partition coefficient (Wildman–Crippen LogP) is 2.06. The largest absolute Gasteiger partial charge is 0.490 e. The topological polar surface area (TPSA) is 85.2 Å². The molecule has 0 radical (unpaired) electrons. The van der Waals surface area contributed by atoms with Gasteiger partial charge in [-0.05, 0) is 45.0 Å². The molecule has 0 aliphatic carbocycles. The molecule has 1 aromatic heterocycles. The van der Waals surface area contributed by atoms with Crippen LogP contribution in [0.4, 0.5) is 11.4 Å². The zero-order valence-electron chi connectivity index (χ0n) is 14.3. The number of benzene rings is 1. The lowest BCUT2D eigenvalue weighted by Gasteiger charge is -2.13. The lowest BCUT2D eigenvalue weighted by molar-refractivity contribution is 0.0943. The maximum atomic E-state index is 12.3. The molecule has 0 saturated heterocycles. The van der Waals surface area contributed by atoms with Crippen molar-refractivity contribution < 1.29 is 9.53 Å². The molecule has 0 saturated carbocycles. The predicted molar refractivity (Wildman–Crippen MR) is 93.0 cm³/mol. The van der Waals surface area contributed by atoms with Gasteiger partial charge < -0.3 is 15.4 Å². The van der Waals surface area contributed by atoms with Gasteiger partial charge in [-0.25, -0.2) is 4.68 Å². The first-order valence-electron chi connectivity index (χ1n) is 7.79. The lowest BCUT2D eigenvalue weighted by Crippen LogP contribution is -2.29. The van der Waals surface area contributed by atoms with Gasteiger partial charge >= 0.3 is 0 Å². The van der Waals surface area contributed by atoms with Gasteiger partial charge in [-0.15, -0.1) is 0 Å². The Bertz CT molecular complexity index is 766. The summed E-state index contributed by atoms with van der Waals surface area (Å²) in [4.78, 5) is 24.2. The van der Waals surface area contributed by atoms with E-state index in [0.717, 1.165) is 0 Å². The highest BCUT2D eigenvalue weighted by Crippen LogP contribution is 2.23. The summed E-state index contributed by atoms with van der Waals surface area (Å²) in [5.74, 6) is 0.258. The van der Waals surface area contributed by atoms with Crippen molar-refractivity contribution in [1.29, 1.82) is 0 Å². The van der Waals surface area contributed by atoms with Crippen LogP contribution >= 0.6 is 0 Å². The summed E-state index contributed by atoms with van der Waals surface area (Å²) < 4.78 is 6.68. The number of carbonyl (C=O) groups excluding carboxylic acids is 1. The van der Waals surface area contributed by atoms with Crippen LogP contribution in [0.3, 0.4) is 0 Å². The van der Waals surface area contributed by atoms with Gasteiger partial charge in [0.15, 0.2) is 11.4 Å². The Balaban J connectivity index is 2.24. The van der Waals surface area contributed by atoms with Crippen molar-refractivity contribution in [2.24, 2.45) is 7.05 Å². The minimum Gasteiger partial charge on any atom is -0.490 e. The third kappa shape index (κ3) is 4.13. The highest BCUT2D eigenvalue weighted by Gasteiger charge is 2.12. The number of rotatable bonds is 6. The molecular formula is C17H22N4O3. The standard InChI is InChI=1S/C17H22N4O3/c1-5-24-14-10-18-21(4)17(23)15(14)20-13-8-6-12(7-9-13)16(22)19-11(2)3/h6-11,20H,5H2,1-4H3,(H,19,22). The van der Waals surface area contributed by atoms with Crippen molar-refractivity contribution >= 4 is 17.3 Å². The highest BCUT2D eigenvalue weighted by molar-refractivity contribution is 5.94. The SMILES string of the molecule is CCOc1cnn(C)c(=O)c1Nc1ccc(C(=O)NC(C)C)cc1. The van der Waals surface area contributed by atoms with E-state index in [1.54, 1.807) is 31.3 Å². The minimum absolute atomic E-state index is 0.0730. The second kappa shape index (κ2) is 7.63. The van der Waals surface area contributed by atoms with Crippen molar-refractivity contribution in [3.63, 3.8) is 0 Å². The van der Waals surface area contributed by atoms with Crippen molar-refractivity contribution in [2.75, 3.05) is 11.9 Å². The molecule has 0 aliphatic heterocycles. The fourth-order valence-electron chi connectivity index (χ4n) is 2.10. The van der Waals surface area contributed by atoms with E-state index in [1.165, 1.54) is 10.9 Å². The molecule has 7 nitrogen and oxygen atoms in total. The van der Waals surface area contributed by atoms with Gasteiger partial charge in [-0.1, -0.05) is 0 Å². The summed E-state index contributed by atoms with van der Waals surface area (Å²) in [6.45, 7) is 6.08. The number of nitrogens with one attached hydrogen (secondary N) is 2. The van der Waals surface area contributed by atoms with Crippen LogP contribution < -0.4 is 20.9 Å². The second-order valence-corrected chi connectivity index (χ2v) is 5.58. The Morgan fingerprint density at radius 2 is 1.96 bits per heavy atom. The molecule has 0 bridgehead atoms. The molecule has 24 heavy (non-hydrogen) atoms. The number of amides is 1. The monoisotopic (exact) mass is 330 g/mol. The first-order chi connectivity index (χ1) is 11.4. The molecular weight excluding hydrogens is 308 g/mol. The number of aryl methyl sites for hydroxylation is 1. The van der Waals surface area contributed by atoms with Crippen LogP contribution in [0, 0.1) is 0 Å². The van der Waals surface area contributed by atoms with Crippen molar-refractivity contribution in [3.05, 3.63) is 46.4 Å². The first-order valence-corrected chi connectivity index (χ1v) is 7.79. The third-order valence-corrected chi connectivity index (χ3v) is 3.24. The summed E-state index contributed by atoms with van der Waals surface area (Å²) in [5, 5.41) is 9.82. The van der Waals surface area contributed by atoms with Crippen LogP contribution in [0.5, 0.6) is 5.75 Å². The van der Waals surface area contributed by atoms with E-state index in [0.29, 0.717) is 29.3 Å². The Morgan fingerprint density at radius 1 is 1.29 bits per heavy atom. The average molecular weight is 330 g/mol. The number of hydrogen-bond donors (Lipinski definition) is 2. The minimum atomic E-state index is -0.289. The maximum Gasteiger partial charge on any atom is 0.294 e. The molecule has 2 aromatic rings. The molecule has 1 aromatic carbocycles. The fraction of sp³-hybridized carbons (Fsp3) is 0.353.